The standard InChI is InChI=1S/C20H33NO5S/c1-8-16(6)21(20(22)11-14(2)3)13-17-9-10-18(25-7)19(12-17)26-27(23,24)15(4)5/h9-10,12,14-16H,8,11,13H2,1-7H3. The number of hydrogen-bond donors (Lipinski definition) is 0. The van der Waals surface area contributed by atoms with Crippen molar-refractivity contribution in [2.24, 2.45) is 5.92 Å². The highest BCUT2D eigenvalue weighted by atomic mass is 32.2. The second kappa shape index (κ2) is 9.97. The third kappa shape index (κ3) is 6.72. The third-order valence-corrected chi connectivity index (χ3v) is 5.96. The molecule has 1 aromatic carbocycles. The maximum absolute atomic E-state index is 12.7. The molecule has 0 aliphatic carbocycles. The van der Waals surface area contributed by atoms with Crippen molar-refractivity contribution in [3.8, 4) is 11.5 Å². The summed E-state index contributed by atoms with van der Waals surface area (Å²) in [5.74, 6) is 0.845. The van der Waals surface area contributed by atoms with Gasteiger partial charge in [0.25, 0.3) is 0 Å². The highest BCUT2D eigenvalue weighted by Crippen LogP contribution is 2.31. The number of hydrogen-bond acceptors (Lipinski definition) is 5. The SMILES string of the molecule is CCC(C)N(Cc1ccc(OC)c(OS(=O)(=O)C(C)C)c1)C(=O)CC(C)C. The van der Waals surface area contributed by atoms with E-state index >= 15 is 0 Å². The van der Waals surface area contributed by atoms with Crippen LogP contribution in [0.1, 0.15) is 59.9 Å². The molecule has 154 valence electrons. The van der Waals surface area contributed by atoms with E-state index in [4.69, 9.17) is 8.92 Å². The normalized spacial score (nSPS) is 12.9. The van der Waals surface area contributed by atoms with Crippen LogP contribution in [0.15, 0.2) is 18.2 Å². The molecule has 27 heavy (non-hydrogen) atoms. The Balaban J connectivity index is 3.17. The molecule has 1 amide bonds. The summed E-state index contributed by atoms with van der Waals surface area (Å²) in [5, 5.41) is -0.671. The Bertz CT molecular complexity index is 728. The van der Waals surface area contributed by atoms with Crippen LogP contribution in [0.4, 0.5) is 0 Å². The van der Waals surface area contributed by atoms with Gasteiger partial charge < -0.3 is 13.8 Å². The van der Waals surface area contributed by atoms with Gasteiger partial charge in [0.2, 0.25) is 5.91 Å². The van der Waals surface area contributed by atoms with E-state index in [1.54, 1.807) is 26.0 Å². The first-order valence-electron chi connectivity index (χ1n) is 9.41. The minimum Gasteiger partial charge on any atom is -0.493 e. The molecule has 1 atom stereocenters. The fourth-order valence-electron chi connectivity index (χ4n) is 2.48. The number of methoxy groups -OCH3 is 1. The van der Waals surface area contributed by atoms with Gasteiger partial charge in [-0.15, -0.1) is 0 Å². The lowest BCUT2D eigenvalue weighted by Gasteiger charge is -2.29. The zero-order valence-corrected chi connectivity index (χ0v) is 18.3. The van der Waals surface area contributed by atoms with Gasteiger partial charge in [0, 0.05) is 19.0 Å². The molecule has 0 heterocycles. The van der Waals surface area contributed by atoms with Gasteiger partial charge in [-0.2, -0.15) is 8.42 Å². The lowest BCUT2D eigenvalue weighted by atomic mass is 10.1. The van der Waals surface area contributed by atoms with E-state index in [0.29, 0.717) is 18.7 Å². The number of benzene rings is 1. The Morgan fingerprint density at radius 3 is 2.22 bits per heavy atom. The number of ether oxygens (including phenoxy) is 1. The lowest BCUT2D eigenvalue weighted by molar-refractivity contribution is -0.134. The van der Waals surface area contributed by atoms with Crippen molar-refractivity contribution in [2.75, 3.05) is 7.11 Å². The number of carbonyl (C=O) groups excluding carboxylic acids is 1. The molecular formula is C20H33NO5S. The Kier molecular flexibility index (Phi) is 8.59. The van der Waals surface area contributed by atoms with E-state index < -0.39 is 15.4 Å². The number of nitrogens with zero attached hydrogens (tertiary/aromatic N) is 1. The molecule has 0 aromatic heterocycles. The molecule has 0 bridgehead atoms. The van der Waals surface area contributed by atoms with Crippen LogP contribution in [-0.4, -0.2) is 37.6 Å². The van der Waals surface area contributed by atoms with E-state index in [-0.39, 0.29) is 23.6 Å². The van der Waals surface area contributed by atoms with Crippen molar-refractivity contribution < 1.29 is 22.1 Å². The molecule has 6 nitrogen and oxygen atoms in total. The van der Waals surface area contributed by atoms with Crippen LogP contribution in [0.3, 0.4) is 0 Å². The summed E-state index contributed by atoms with van der Waals surface area (Å²) in [6.45, 7) is 11.6. The Labute approximate surface area is 164 Å². The second-order valence-corrected chi connectivity index (χ2v) is 9.58. The average molecular weight is 400 g/mol. The molecule has 0 spiro atoms. The van der Waals surface area contributed by atoms with Crippen molar-refractivity contribution in [1.29, 1.82) is 0 Å². The van der Waals surface area contributed by atoms with Crippen molar-refractivity contribution in [1.82, 2.24) is 4.90 Å². The molecule has 0 aliphatic rings. The fourth-order valence-corrected chi connectivity index (χ4v) is 3.05. The van der Waals surface area contributed by atoms with Gasteiger partial charge >= 0.3 is 10.1 Å². The first-order valence-corrected chi connectivity index (χ1v) is 10.9. The maximum atomic E-state index is 12.7. The van der Waals surface area contributed by atoms with Crippen molar-refractivity contribution in [2.45, 2.75) is 72.2 Å². The van der Waals surface area contributed by atoms with Crippen LogP contribution in [0.25, 0.3) is 0 Å². The van der Waals surface area contributed by atoms with Crippen molar-refractivity contribution in [3.63, 3.8) is 0 Å². The lowest BCUT2D eigenvalue weighted by Crippen LogP contribution is -2.38. The summed E-state index contributed by atoms with van der Waals surface area (Å²) in [7, 11) is -2.28. The average Bonchev–Trinajstić information content (AvgIpc) is 2.58. The molecule has 7 heteroatoms. The van der Waals surface area contributed by atoms with Gasteiger partial charge in [-0.3, -0.25) is 4.79 Å². The van der Waals surface area contributed by atoms with Gasteiger partial charge in [-0.05, 0) is 50.8 Å². The van der Waals surface area contributed by atoms with E-state index in [1.165, 1.54) is 7.11 Å². The zero-order valence-electron chi connectivity index (χ0n) is 17.5. The van der Waals surface area contributed by atoms with Crippen LogP contribution in [-0.2, 0) is 21.5 Å². The Hall–Kier alpha value is -1.76. The zero-order chi connectivity index (χ0) is 20.8. The molecule has 1 unspecified atom stereocenters. The number of rotatable bonds is 10. The molecule has 0 saturated heterocycles. The van der Waals surface area contributed by atoms with Crippen LogP contribution >= 0.6 is 0 Å². The van der Waals surface area contributed by atoms with Gasteiger partial charge in [-0.25, -0.2) is 0 Å². The van der Waals surface area contributed by atoms with E-state index in [1.807, 2.05) is 38.7 Å². The predicted molar refractivity (Wildman–Crippen MR) is 107 cm³/mol. The van der Waals surface area contributed by atoms with Crippen LogP contribution in [0, 0.1) is 5.92 Å². The van der Waals surface area contributed by atoms with E-state index in [2.05, 4.69) is 0 Å². The number of amides is 1. The van der Waals surface area contributed by atoms with E-state index in [0.717, 1.165) is 12.0 Å². The molecule has 0 aliphatic heterocycles. The monoisotopic (exact) mass is 399 g/mol. The minimum atomic E-state index is -3.74. The first kappa shape index (κ1) is 23.3. The quantitative estimate of drug-likeness (QED) is 0.556. The highest BCUT2D eigenvalue weighted by molar-refractivity contribution is 7.87. The predicted octanol–water partition coefficient (Wildman–Crippen LogP) is 3.99. The summed E-state index contributed by atoms with van der Waals surface area (Å²) in [5.41, 5.74) is 0.794. The molecule has 0 fully saturated rings. The summed E-state index contributed by atoms with van der Waals surface area (Å²) in [6, 6.07) is 5.22. The summed E-state index contributed by atoms with van der Waals surface area (Å²) in [4.78, 5) is 14.5. The maximum Gasteiger partial charge on any atom is 0.311 e. The van der Waals surface area contributed by atoms with Crippen molar-refractivity contribution >= 4 is 16.0 Å². The Morgan fingerprint density at radius 1 is 1.11 bits per heavy atom. The molecular weight excluding hydrogens is 366 g/mol. The van der Waals surface area contributed by atoms with Crippen LogP contribution < -0.4 is 8.92 Å². The second-order valence-electron chi connectivity index (χ2n) is 7.49. The topological polar surface area (TPSA) is 72.9 Å². The van der Waals surface area contributed by atoms with Crippen molar-refractivity contribution in [3.05, 3.63) is 23.8 Å². The fraction of sp³-hybridized carbons (Fsp3) is 0.650. The smallest absolute Gasteiger partial charge is 0.311 e. The van der Waals surface area contributed by atoms with Gasteiger partial charge in [0.15, 0.2) is 11.5 Å². The highest BCUT2D eigenvalue weighted by Gasteiger charge is 2.23. The third-order valence-electron chi connectivity index (χ3n) is 4.39. The van der Waals surface area contributed by atoms with Gasteiger partial charge in [0.05, 0.1) is 12.4 Å². The largest absolute Gasteiger partial charge is 0.493 e. The molecule has 0 saturated carbocycles. The molecule has 1 aromatic rings. The van der Waals surface area contributed by atoms with Gasteiger partial charge in [-0.1, -0.05) is 26.8 Å². The van der Waals surface area contributed by atoms with E-state index in [9.17, 15) is 13.2 Å². The Morgan fingerprint density at radius 2 is 1.74 bits per heavy atom. The van der Waals surface area contributed by atoms with Gasteiger partial charge in [0.1, 0.15) is 0 Å². The molecule has 1 rings (SSSR count). The van der Waals surface area contributed by atoms with Crippen LogP contribution in [0.5, 0.6) is 11.5 Å². The summed E-state index contributed by atoms with van der Waals surface area (Å²) < 4.78 is 34.8. The van der Waals surface area contributed by atoms with Crippen LogP contribution in [0.2, 0.25) is 0 Å². The summed E-state index contributed by atoms with van der Waals surface area (Å²) in [6.07, 6.45) is 1.32. The molecule has 0 N–H and O–H groups in total. The minimum absolute atomic E-state index is 0.0853. The first-order chi connectivity index (χ1) is 12.5. The number of carbonyl (C=O) groups is 1. The summed E-state index contributed by atoms with van der Waals surface area (Å²) >= 11 is 0. The molecule has 0 radical (unpaired) electrons.